The Bertz CT molecular complexity index is 617. The maximum atomic E-state index is 10.5. The van der Waals surface area contributed by atoms with Crippen molar-refractivity contribution in [2.24, 2.45) is 0 Å². The summed E-state index contributed by atoms with van der Waals surface area (Å²) in [5.74, 6) is 0.863. The second kappa shape index (κ2) is 6.33. The predicted octanol–water partition coefficient (Wildman–Crippen LogP) is 4.65. The summed E-state index contributed by atoms with van der Waals surface area (Å²) in [4.78, 5) is 0. The van der Waals surface area contributed by atoms with Gasteiger partial charge in [-0.2, -0.15) is 0 Å². The predicted molar refractivity (Wildman–Crippen MR) is 90.7 cm³/mol. The molecule has 1 unspecified atom stereocenters. The van der Waals surface area contributed by atoms with Crippen LogP contribution in [0.4, 0.5) is 0 Å². The van der Waals surface area contributed by atoms with Gasteiger partial charge in [-0.25, -0.2) is 0 Å². The molecule has 2 nitrogen and oxygen atoms in total. The molecule has 0 radical (unpaired) electrons. The van der Waals surface area contributed by atoms with Crippen LogP contribution in [0, 0.1) is 17.4 Å². The van der Waals surface area contributed by atoms with Gasteiger partial charge in [-0.05, 0) is 83.0 Å². The van der Waals surface area contributed by atoms with Crippen molar-refractivity contribution in [3.05, 3.63) is 61.2 Å². The Balaban J connectivity index is 2.42. The first kappa shape index (κ1) is 15.6. The topological polar surface area (TPSA) is 29.5 Å². The summed E-state index contributed by atoms with van der Waals surface area (Å²) in [6.07, 6.45) is -0.687. The van der Waals surface area contributed by atoms with Crippen LogP contribution in [0.5, 0.6) is 5.75 Å². The van der Waals surface area contributed by atoms with Crippen molar-refractivity contribution in [1.82, 2.24) is 0 Å². The van der Waals surface area contributed by atoms with E-state index in [0.717, 1.165) is 31.6 Å². The first-order valence-corrected chi connectivity index (χ1v) is 7.68. The fraction of sp³-hybridized carbons (Fsp3) is 0.250. The van der Waals surface area contributed by atoms with Gasteiger partial charge >= 0.3 is 0 Å². The van der Waals surface area contributed by atoms with Crippen LogP contribution in [-0.2, 0) is 0 Å². The van der Waals surface area contributed by atoms with E-state index in [0.29, 0.717) is 5.02 Å². The van der Waals surface area contributed by atoms with Gasteiger partial charge < -0.3 is 9.84 Å². The van der Waals surface area contributed by atoms with Gasteiger partial charge in [-0.15, -0.1) is 0 Å². The fourth-order valence-electron chi connectivity index (χ4n) is 2.34. The second-order valence-corrected chi connectivity index (χ2v) is 6.33. The van der Waals surface area contributed by atoms with Crippen molar-refractivity contribution in [1.29, 1.82) is 0 Å². The average Bonchev–Trinajstić information content (AvgIpc) is 2.40. The Kier molecular flexibility index (Phi) is 4.94. The molecule has 2 aromatic carbocycles. The number of methoxy groups -OCH3 is 1. The first-order chi connectivity index (χ1) is 9.43. The third-order valence-corrected chi connectivity index (χ3v) is 4.83. The Morgan fingerprint density at radius 2 is 1.70 bits per heavy atom. The molecule has 0 amide bonds. The summed E-state index contributed by atoms with van der Waals surface area (Å²) in [5, 5.41) is 11.2. The smallest absolute Gasteiger partial charge is 0.124 e. The molecule has 0 saturated heterocycles. The molecule has 0 heterocycles. The SMILES string of the molecule is COc1c(C)cc(C(O)c2ccc(I)c(Cl)c2)cc1C. The normalized spacial score (nSPS) is 12.3. The van der Waals surface area contributed by atoms with Crippen LogP contribution in [0.2, 0.25) is 5.02 Å². The van der Waals surface area contributed by atoms with Crippen LogP contribution >= 0.6 is 34.2 Å². The van der Waals surface area contributed by atoms with Crippen molar-refractivity contribution >= 4 is 34.2 Å². The molecule has 2 rings (SSSR count). The Labute approximate surface area is 137 Å². The maximum absolute atomic E-state index is 10.5. The molecule has 0 bridgehead atoms. The van der Waals surface area contributed by atoms with Crippen LogP contribution in [0.15, 0.2) is 30.3 Å². The molecule has 0 spiro atoms. The third-order valence-electron chi connectivity index (χ3n) is 3.26. The number of hydrogen-bond donors (Lipinski definition) is 1. The van der Waals surface area contributed by atoms with E-state index in [-0.39, 0.29) is 0 Å². The van der Waals surface area contributed by atoms with Gasteiger partial charge in [0.2, 0.25) is 0 Å². The number of aliphatic hydroxyl groups excluding tert-OH is 1. The molecule has 0 aromatic heterocycles. The summed E-state index contributed by atoms with van der Waals surface area (Å²) in [6, 6.07) is 9.51. The van der Waals surface area contributed by atoms with Crippen molar-refractivity contribution in [2.45, 2.75) is 20.0 Å². The van der Waals surface area contributed by atoms with E-state index in [1.807, 2.05) is 44.2 Å². The lowest BCUT2D eigenvalue weighted by Crippen LogP contribution is -2.02. The molecule has 1 N–H and O–H groups in total. The molecule has 0 aliphatic carbocycles. The van der Waals surface area contributed by atoms with Gasteiger partial charge in [0.1, 0.15) is 11.9 Å². The molecule has 0 fully saturated rings. The van der Waals surface area contributed by atoms with Crippen LogP contribution in [0.1, 0.15) is 28.4 Å². The van der Waals surface area contributed by atoms with E-state index in [4.69, 9.17) is 16.3 Å². The Morgan fingerprint density at radius 3 is 2.20 bits per heavy atom. The minimum absolute atomic E-state index is 0.657. The highest BCUT2D eigenvalue weighted by molar-refractivity contribution is 14.1. The summed E-state index contributed by atoms with van der Waals surface area (Å²) in [5.41, 5.74) is 3.66. The number of halogens is 2. The van der Waals surface area contributed by atoms with Crippen molar-refractivity contribution in [3.63, 3.8) is 0 Å². The second-order valence-electron chi connectivity index (χ2n) is 4.76. The zero-order valence-electron chi connectivity index (χ0n) is 11.6. The molecule has 20 heavy (non-hydrogen) atoms. The zero-order chi connectivity index (χ0) is 14.9. The first-order valence-electron chi connectivity index (χ1n) is 6.22. The number of rotatable bonds is 3. The molecule has 0 aliphatic rings. The molecule has 2 aromatic rings. The quantitative estimate of drug-likeness (QED) is 0.757. The summed E-state index contributed by atoms with van der Waals surface area (Å²) in [7, 11) is 1.66. The summed E-state index contributed by atoms with van der Waals surface area (Å²) >= 11 is 8.29. The van der Waals surface area contributed by atoms with Gasteiger partial charge in [0, 0.05) is 3.57 Å². The monoisotopic (exact) mass is 402 g/mol. The zero-order valence-corrected chi connectivity index (χ0v) is 14.5. The van der Waals surface area contributed by atoms with E-state index >= 15 is 0 Å². The summed E-state index contributed by atoms with van der Waals surface area (Å²) < 4.78 is 6.32. The number of aryl methyl sites for hydroxylation is 2. The number of hydrogen-bond acceptors (Lipinski definition) is 2. The van der Waals surface area contributed by atoms with E-state index in [1.54, 1.807) is 7.11 Å². The number of aliphatic hydroxyl groups is 1. The van der Waals surface area contributed by atoms with Crippen LogP contribution in [-0.4, -0.2) is 12.2 Å². The van der Waals surface area contributed by atoms with Crippen molar-refractivity contribution in [2.75, 3.05) is 7.11 Å². The minimum atomic E-state index is -0.687. The van der Waals surface area contributed by atoms with E-state index in [2.05, 4.69) is 22.6 Å². The van der Waals surface area contributed by atoms with Gasteiger partial charge in [-0.3, -0.25) is 0 Å². The third kappa shape index (κ3) is 3.10. The molecule has 1 atom stereocenters. The molecular formula is C16H16ClIO2. The van der Waals surface area contributed by atoms with Crippen LogP contribution in [0.25, 0.3) is 0 Å². The fourth-order valence-corrected chi connectivity index (χ4v) is 2.86. The van der Waals surface area contributed by atoms with Crippen LogP contribution < -0.4 is 4.74 Å². The van der Waals surface area contributed by atoms with Crippen LogP contribution in [0.3, 0.4) is 0 Å². The van der Waals surface area contributed by atoms with Gasteiger partial charge in [0.25, 0.3) is 0 Å². The maximum Gasteiger partial charge on any atom is 0.124 e. The lowest BCUT2D eigenvalue weighted by atomic mass is 9.97. The van der Waals surface area contributed by atoms with Gasteiger partial charge in [0.15, 0.2) is 0 Å². The van der Waals surface area contributed by atoms with Gasteiger partial charge in [-0.1, -0.05) is 17.7 Å². The Morgan fingerprint density at radius 1 is 1.10 bits per heavy atom. The highest BCUT2D eigenvalue weighted by Gasteiger charge is 2.15. The van der Waals surface area contributed by atoms with E-state index in [1.165, 1.54) is 0 Å². The van der Waals surface area contributed by atoms with Crippen molar-refractivity contribution < 1.29 is 9.84 Å². The molecule has 0 saturated carbocycles. The highest BCUT2D eigenvalue weighted by Crippen LogP contribution is 2.31. The average molecular weight is 403 g/mol. The van der Waals surface area contributed by atoms with E-state index in [9.17, 15) is 5.11 Å². The number of benzene rings is 2. The Hall–Kier alpha value is -0.780. The largest absolute Gasteiger partial charge is 0.496 e. The van der Waals surface area contributed by atoms with E-state index < -0.39 is 6.10 Å². The molecule has 106 valence electrons. The van der Waals surface area contributed by atoms with Gasteiger partial charge in [0.05, 0.1) is 12.1 Å². The lowest BCUT2D eigenvalue weighted by molar-refractivity contribution is 0.220. The molecular weight excluding hydrogens is 387 g/mol. The minimum Gasteiger partial charge on any atom is -0.496 e. The summed E-state index contributed by atoms with van der Waals surface area (Å²) in [6.45, 7) is 3.95. The number of ether oxygens (including phenoxy) is 1. The standard InChI is InChI=1S/C16H16ClIO2/c1-9-6-12(7-10(2)16(9)20-3)15(19)11-4-5-14(18)13(17)8-11/h4-8,15,19H,1-3H3. The van der Waals surface area contributed by atoms with Crippen molar-refractivity contribution in [3.8, 4) is 5.75 Å². The molecule has 4 heteroatoms. The highest BCUT2D eigenvalue weighted by atomic mass is 127. The molecule has 0 aliphatic heterocycles. The lowest BCUT2D eigenvalue weighted by Gasteiger charge is -2.16.